The third-order valence-electron chi connectivity index (χ3n) is 5.01. The molecule has 3 rings (SSSR count). The van der Waals surface area contributed by atoms with Crippen LogP contribution in [0.1, 0.15) is 19.3 Å². The Morgan fingerprint density at radius 3 is 2.46 bits per heavy atom. The number of methoxy groups -OCH3 is 2. The largest absolute Gasteiger partial charge is 0.497 e. The number of hydrogen-bond acceptors (Lipinski definition) is 6. The van der Waals surface area contributed by atoms with E-state index in [1.54, 1.807) is 25.1 Å². The van der Waals surface area contributed by atoms with E-state index in [-0.39, 0.29) is 12.5 Å². The molecule has 8 nitrogen and oxygen atoms in total. The Morgan fingerprint density at radius 2 is 1.89 bits per heavy atom. The van der Waals surface area contributed by atoms with E-state index in [0.717, 1.165) is 53.2 Å². The van der Waals surface area contributed by atoms with Gasteiger partial charge in [0.1, 0.15) is 21.7 Å². The zero-order valence-corrected chi connectivity index (χ0v) is 18.4. The highest BCUT2D eigenvalue weighted by Gasteiger charge is 2.20. The molecule has 0 radical (unpaired) electrons. The van der Waals surface area contributed by atoms with Crippen molar-refractivity contribution in [3.05, 3.63) is 28.1 Å². The molecule has 152 valence electrons. The van der Waals surface area contributed by atoms with Crippen LogP contribution in [0.15, 0.2) is 24.4 Å². The molecule has 0 atom stereocenters. The second kappa shape index (κ2) is 9.94. The predicted molar refractivity (Wildman–Crippen MR) is 115 cm³/mol. The summed E-state index contributed by atoms with van der Waals surface area (Å²) in [6.07, 6.45) is 4.96. The van der Waals surface area contributed by atoms with Crippen molar-refractivity contribution >= 4 is 34.2 Å². The van der Waals surface area contributed by atoms with Gasteiger partial charge in [-0.25, -0.2) is 4.68 Å². The molecule has 0 unspecified atom stereocenters. The van der Waals surface area contributed by atoms with Crippen LogP contribution in [0.25, 0.3) is 0 Å². The summed E-state index contributed by atoms with van der Waals surface area (Å²) in [7, 11) is 3.34. The fraction of sp³-hybridized carbons (Fsp3) is 0.526. The Kier molecular flexibility index (Phi) is 7.35. The summed E-state index contributed by atoms with van der Waals surface area (Å²) >= 11 is 2.07. The molecule has 2 heterocycles. The maximum absolute atomic E-state index is 12.0. The smallest absolute Gasteiger partial charge is 0.241 e. The molecule has 1 aromatic carbocycles. The van der Waals surface area contributed by atoms with E-state index in [1.807, 2.05) is 18.2 Å². The van der Waals surface area contributed by atoms with Gasteiger partial charge in [0, 0.05) is 43.5 Å². The number of carbonyl (C=O) groups is 1. The topological polar surface area (TPSA) is 81.5 Å². The molecule has 0 aliphatic carbocycles. The number of nitrogens with zero attached hydrogens (tertiary/aromatic N) is 4. The van der Waals surface area contributed by atoms with Gasteiger partial charge in [-0.05, 0) is 47.8 Å². The Balaban J connectivity index is 1.41. The molecular weight excluding hydrogens is 473 g/mol. The van der Waals surface area contributed by atoms with E-state index in [4.69, 9.17) is 9.47 Å². The Bertz CT molecular complexity index is 767. The number of hydrogen-bond donors (Lipinski definition) is 1. The second-order valence-electron chi connectivity index (χ2n) is 6.88. The lowest BCUT2D eigenvalue weighted by molar-refractivity contribution is -0.121. The standard InChI is InChI=1S/C19H26IN5O3/c1-27-16-9-15(10-17(11-16)28-2)24-7-4-14(5-8-24)3-6-21-19(26)13-25-12-18(20)22-23-25/h9-12,14H,3-8,13H2,1-2H3,(H,21,26). The fourth-order valence-corrected chi connectivity index (χ4v) is 3.84. The van der Waals surface area contributed by atoms with Crippen molar-refractivity contribution in [1.82, 2.24) is 20.3 Å². The van der Waals surface area contributed by atoms with Crippen molar-refractivity contribution in [2.45, 2.75) is 25.8 Å². The summed E-state index contributed by atoms with van der Waals surface area (Å²) in [5.74, 6) is 2.21. The monoisotopic (exact) mass is 499 g/mol. The van der Waals surface area contributed by atoms with Crippen molar-refractivity contribution in [1.29, 1.82) is 0 Å². The van der Waals surface area contributed by atoms with Gasteiger partial charge in [0.25, 0.3) is 0 Å². The molecule has 1 amide bonds. The number of rotatable bonds is 8. The van der Waals surface area contributed by atoms with Crippen molar-refractivity contribution in [3.8, 4) is 11.5 Å². The van der Waals surface area contributed by atoms with Crippen LogP contribution in [0.4, 0.5) is 5.69 Å². The zero-order chi connectivity index (χ0) is 19.9. The number of carbonyl (C=O) groups excluding carboxylic acids is 1. The number of halogens is 1. The van der Waals surface area contributed by atoms with E-state index < -0.39 is 0 Å². The number of nitrogens with one attached hydrogen (secondary N) is 1. The fourth-order valence-electron chi connectivity index (χ4n) is 3.43. The van der Waals surface area contributed by atoms with E-state index in [0.29, 0.717) is 12.5 Å². The van der Waals surface area contributed by atoms with E-state index in [9.17, 15) is 4.79 Å². The highest BCUT2D eigenvalue weighted by atomic mass is 127. The van der Waals surface area contributed by atoms with E-state index >= 15 is 0 Å². The van der Waals surface area contributed by atoms with Gasteiger partial charge < -0.3 is 19.7 Å². The predicted octanol–water partition coefficient (Wildman–Crippen LogP) is 2.32. The van der Waals surface area contributed by atoms with Crippen molar-refractivity contribution in [3.63, 3.8) is 0 Å². The van der Waals surface area contributed by atoms with E-state index in [2.05, 4.69) is 43.1 Å². The minimum atomic E-state index is -0.0257. The molecule has 1 aliphatic heterocycles. The molecule has 0 bridgehead atoms. The van der Waals surface area contributed by atoms with Gasteiger partial charge >= 0.3 is 0 Å². The molecule has 1 saturated heterocycles. The highest BCUT2D eigenvalue weighted by Crippen LogP contribution is 2.31. The third-order valence-corrected chi connectivity index (χ3v) is 5.50. The molecular formula is C19H26IN5O3. The van der Waals surface area contributed by atoms with Crippen LogP contribution in [-0.4, -0.2) is 54.8 Å². The van der Waals surface area contributed by atoms with E-state index in [1.165, 1.54) is 0 Å². The van der Waals surface area contributed by atoms with Crippen molar-refractivity contribution < 1.29 is 14.3 Å². The van der Waals surface area contributed by atoms with Gasteiger partial charge in [-0.2, -0.15) is 0 Å². The number of aromatic nitrogens is 3. The van der Waals surface area contributed by atoms with Gasteiger partial charge in [-0.3, -0.25) is 4.79 Å². The maximum atomic E-state index is 12.0. The molecule has 1 aliphatic rings. The molecule has 1 fully saturated rings. The normalized spacial score (nSPS) is 14.8. The lowest BCUT2D eigenvalue weighted by atomic mass is 9.93. The Hall–Kier alpha value is -2.04. The van der Waals surface area contributed by atoms with Crippen LogP contribution in [0.3, 0.4) is 0 Å². The Morgan fingerprint density at radius 1 is 1.21 bits per heavy atom. The van der Waals surface area contributed by atoms with Crippen LogP contribution >= 0.6 is 22.6 Å². The number of amides is 1. The summed E-state index contributed by atoms with van der Waals surface area (Å²) in [4.78, 5) is 14.4. The Labute approximate surface area is 178 Å². The summed E-state index contributed by atoms with van der Waals surface area (Å²) < 4.78 is 13.1. The maximum Gasteiger partial charge on any atom is 0.241 e. The first kappa shape index (κ1) is 20.7. The van der Waals surface area contributed by atoms with Gasteiger partial charge in [0.2, 0.25) is 5.91 Å². The third kappa shape index (κ3) is 5.73. The molecule has 1 aromatic heterocycles. The highest BCUT2D eigenvalue weighted by molar-refractivity contribution is 14.1. The molecule has 9 heteroatoms. The van der Waals surface area contributed by atoms with Crippen LogP contribution in [0, 0.1) is 9.62 Å². The molecule has 0 saturated carbocycles. The van der Waals surface area contributed by atoms with Gasteiger partial charge in [0.15, 0.2) is 0 Å². The van der Waals surface area contributed by atoms with Crippen LogP contribution in [0.2, 0.25) is 0 Å². The first-order valence-electron chi connectivity index (χ1n) is 9.37. The van der Waals surface area contributed by atoms with Crippen LogP contribution in [-0.2, 0) is 11.3 Å². The van der Waals surface area contributed by atoms with Crippen molar-refractivity contribution in [2.75, 3.05) is 38.8 Å². The lowest BCUT2D eigenvalue weighted by Gasteiger charge is -2.34. The van der Waals surface area contributed by atoms with Crippen LogP contribution < -0.4 is 19.7 Å². The van der Waals surface area contributed by atoms with Gasteiger partial charge in [-0.15, -0.1) is 5.10 Å². The summed E-state index contributed by atoms with van der Waals surface area (Å²) in [6.45, 7) is 2.90. The first-order valence-corrected chi connectivity index (χ1v) is 10.5. The summed E-state index contributed by atoms with van der Waals surface area (Å²) in [6, 6.07) is 5.99. The van der Waals surface area contributed by atoms with Crippen LogP contribution in [0.5, 0.6) is 11.5 Å². The van der Waals surface area contributed by atoms with Crippen molar-refractivity contribution in [2.24, 2.45) is 5.92 Å². The minimum Gasteiger partial charge on any atom is -0.497 e. The van der Waals surface area contributed by atoms with Gasteiger partial charge in [-0.1, -0.05) is 5.21 Å². The SMILES string of the molecule is COc1cc(OC)cc(N2CCC(CCNC(=O)Cn3cc(I)nn3)CC2)c1. The number of anilines is 1. The summed E-state index contributed by atoms with van der Waals surface area (Å²) in [5, 5.41) is 10.8. The number of piperidine rings is 1. The quantitative estimate of drug-likeness (QED) is 0.562. The molecule has 0 spiro atoms. The molecule has 1 N–H and O–H groups in total. The number of ether oxygens (including phenoxy) is 2. The average Bonchev–Trinajstić information content (AvgIpc) is 3.12. The number of benzene rings is 1. The minimum absolute atomic E-state index is 0.0257. The average molecular weight is 499 g/mol. The lowest BCUT2D eigenvalue weighted by Crippen LogP contribution is -2.35. The first-order chi connectivity index (χ1) is 13.6. The zero-order valence-electron chi connectivity index (χ0n) is 16.2. The summed E-state index contributed by atoms with van der Waals surface area (Å²) in [5.41, 5.74) is 1.13. The molecule has 2 aromatic rings. The molecule has 28 heavy (non-hydrogen) atoms. The second-order valence-corrected chi connectivity index (χ2v) is 7.98. The van der Waals surface area contributed by atoms with Gasteiger partial charge in [0.05, 0.1) is 20.4 Å².